The average molecular weight is 463 g/mol. The minimum Gasteiger partial charge on any atom is -0.489 e. The molecule has 0 aliphatic heterocycles. The fourth-order valence-electron chi connectivity index (χ4n) is 3.43. The predicted octanol–water partition coefficient (Wildman–Crippen LogP) is 6.45. The Morgan fingerprint density at radius 1 is 0.938 bits per heavy atom. The van der Waals surface area contributed by atoms with E-state index in [4.69, 9.17) is 9.72 Å². The third-order valence-electron chi connectivity index (χ3n) is 4.92. The van der Waals surface area contributed by atoms with E-state index >= 15 is 0 Å². The molecule has 2 aromatic heterocycles. The van der Waals surface area contributed by atoms with Gasteiger partial charge in [-0.2, -0.15) is 0 Å². The van der Waals surface area contributed by atoms with E-state index in [0.29, 0.717) is 12.1 Å². The number of nitrogens with zero attached hydrogens (tertiary/aromatic N) is 2. The number of imidazole rings is 1. The normalized spacial score (nSPS) is 10.6. The summed E-state index contributed by atoms with van der Waals surface area (Å²) in [6, 6.07) is 29.3. The first-order valence-corrected chi connectivity index (χ1v) is 10.6. The van der Waals surface area contributed by atoms with E-state index in [9.17, 15) is 9.90 Å². The van der Waals surface area contributed by atoms with Gasteiger partial charge in [0.05, 0.1) is 0 Å². The number of ether oxygens (including phenoxy) is 1. The molecule has 0 saturated carbocycles. The van der Waals surface area contributed by atoms with Gasteiger partial charge in [-0.1, -0.05) is 48.5 Å². The van der Waals surface area contributed by atoms with Crippen LogP contribution in [0, 0.1) is 0 Å². The molecule has 160 valence electrons. The average Bonchev–Trinajstić information content (AvgIpc) is 3.38. The number of carboxylic acid groups (broad SMARTS) is 1. The zero-order chi connectivity index (χ0) is 21.2. The molecule has 5 aromatic rings. The van der Waals surface area contributed by atoms with Crippen LogP contribution in [0.5, 0.6) is 5.75 Å². The number of benzene rings is 3. The highest BCUT2D eigenvalue weighted by Gasteiger charge is 2.19. The second kappa shape index (κ2) is 9.26. The van der Waals surface area contributed by atoms with Crippen LogP contribution < -0.4 is 4.74 Å². The van der Waals surface area contributed by atoms with Crippen LogP contribution in [0.25, 0.3) is 27.4 Å². The maximum Gasteiger partial charge on any atom is 0.346 e. The minimum absolute atomic E-state index is 0. The van der Waals surface area contributed by atoms with E-state index in [0.717, 1.165) is 33.2 Å². The Morgan fingerprint density at radius 3 is 2.25 bits per heavy atom. The Balaban J connectivity index is 0.00000245. The number of thiophene rings is 1. The highest BCUT2D eigenvalue weighted by Crippen LogP contribution is 2.34. The van der Waals surface area contributed by atoms with Crippen LogP contribution >= 0.6 is 23.7 Å². The van der Waals surface area contributed by atoms with Crippen LogP contribution in [0.2, 0.25) is 0 Å². The second-order valence-electron chi connectivity index (χ2n) is 7.01. The Hall–Kier alpha value is -3.61. The molecule has 0 unspecified atom stereocenters. The molecule has 0 aliphatic carbocycles. The number of hydrogen-bond acceptors (Lipinski definition) is 4. The van der Waals surface area contributed by atoms with Gasteiger partial charge in [0, 0.05) is 11.3 Å². The van der Waals surface area contributed by atoms with Crippen LogP contribution in [-0.2, 0) is 6.61 Å². The van der Waals surface area contributed by atoms with Gasteiger partial charge in [-0.15, -0.1) is 23.7 Å². The molecule has 3 aromatic carbocycles. The highest BCUT2D eigenvalue weighted by molar-refractivity contribution is 7.20. The first-order chi connectivity index (χ1) is 15.2. The first-order valence-electron chi connectivity index (χ1n) is 9.77. The molecule has 0 saturated heterocycles. The Kier molecular flexibility index (Phi) is 6.25. The lowest BCUT2D eigenvalue weighted by molar-refractivity contribution is 0.0702. The maximum absolute atomic E-state index is 11.4. The van der Waals surface area contributed by atoms with Gasteiger partial charge >= 0.3 is 5.97 Å². The first kappa shape index (κ1) is 21.6. The number of aromatic carboxylic acids is 1. The molecule has 0 spiro atoms. The quantitative estimate of drug-likeness (QED) is 0.315. The molecule has 0 atom stereocenters. The lowest BCUT2D eigenvalue weighted by Crippen LogP contribution is -1.98. The highest BCUT2D eigenvalue weighted by atomic mass is 35.5. The summed E-state index contributed by atoms with van der Waals surface area (Å²) in [7, 11) is 0. The number of hydrogen-bond donors (Lipinski definition) is 1. The summed E-state index contributed by atoms with van der Waals surface area (Å²) < 4.78 is 7.90. The third-order valence-corrected chi connectivity index (χ3v) is 6.02. The fourth-order valence-corrected chi connectivity index (χ4v) is 4.39. The topological polar surface area (TPSA) is 64.3 Å². The van der Waals surface area contributed by atoms with Crippen molar-refractivity contribution in [2.24, 2.45) is 0 Å². The zero-order valence-electron chi connectivity index (χ0n) is 16.8. The SMILES string of the molecule is Cl.O=C(O)c1cc2nc(-c3ccc(OCc4ccccc4)cc3)n(-c3ccccc3)c2s1. The number of carboxylic acids is 1. The summed E-state index contributed by atoms with van der Waals surface area (Å²) in [6.07, 6.45) is 0. The van der Waals surface area contributed by atoms with Crippen molar-refractivity contribution in [3.05, 3.63) is 101 Å². The number of carbonyl (C=O) groups is 1. The van der Waals surface area contributed by atoms with Gasteiger partial charge in [0.15, 0.2) is 0 Å². The lowest BCUT2D eigenvalue weighted by Gasteiger charge is -2.10. The van der Waals surface area contributed by atoms with Crippen LogP contribution in [0.15, 0.2) is 91.0 Å². The van der Waals surface area contributed by atoms with Crippen molar-refractivity contribution in [1.82, 2.24) is 9.55 Å². The zero-order valence-corrected chi connectivity index (χ0v) is 18.5. The van der Waals surface area contributed by atoms with Crippen molar-refractivity contribution >= 4 is 40.1 Å². The number of para-hydroxylation sites is 1. The van der Waals surface area contributed by atoms with Crippen LogP contribution in [-0.4, -0.2) is 20.6 Å². The van der Waals surface area contributed by atoms with Crippen molar-refractivity contribution in [1.29, 1.82) is 0 Å². The van der Waals surface area contributed by atoms with Gasteiger partial charge in [-0.05, 0) is 48.0 Å². The fraction of sp³-hybridized carbons (Fsp3) is 0.0400. The van der Waals surface area contributed by atoms with Crippen LogP contribution in [0.3, 0.4) is 0 Å². The van der Waals surface area contributed by atoms with Crippen molar-refractivity contribution < 1.29 is 14.6 Å². The van der Waals surface area contributed by atoms with E-state index in [-0.39, 0.29) is 17.3 Å². The van der Waals surface area contributed by atoms with Crippen molar-refractivity contribution in [3.63, 3.8) is 0 Å². The molecular weight excluding hydrogens is 444 g/mol. The molecule has 0 bridgehead atoms. The van der Waals surface area contributed by atoms with E-state index in [1.165, 1.54) is 11.3 Å². The molecule has 7 heteroatoms. The minimum atomic E-state index is -0.941. The van der Waals surface area contributed by atoms with Crippen molar-refractivity contribution in [2.45, 2.75) is 6.61 Å². The van der Waals surface area contributed by atoms with Crippen molar-refractivity contribution in [3.8, 4) is 22.8 Å². The van der Waals surface area contributed by atoms with Crippen LogP contribution in [0.1, 0.15) is 15.2 Å². The molecule has 0 amide bonds. The van der Waals surface area contributed by atoms with Gasteiger partial charge in [-0.3, -0.25) is 4.57 Å². The summed E-state index contributed by atoms with van der Waals surface area (Å²) in [6.45, 7) is 0.506. The maximum atomic E-state index is 11.4. The summed E-state index contributed by atoms with van der Waals surface area (Å²) in [5, 5.41) is 9.37. The summed E-state index contributed by atoms with van der Waals surface area (Å²) in [4.78, 5) is 17.3. The van der Waals surface area contributed by atoms with E-state index in [2.05, 4.69) is 0 Å². The van der Waals surface area contributed by atoms with E-state index in [1.54, 1.807) is 6.07 Å². The monoisotopic (exact) mass is 462 g/mol. The van der Waals surface area contributed by atoms with Crippen molar-refractivity contribution in [2.75, 3.05) is 0 Å². The van der Waals surface area contributed by atoms with E-state index < -0.39 is 5.97 Å². The molecule has 0 fully saturated rings. The molecule has 5 nitrogen and oxygen atoms in total. The smallest absolute Gasteiger partial charge is 0.346 e. The predicted molar refractivity (Wildman–Crippen MR) is 129 cm³/mol. The van der Waals surface area contributed by atoms with Gasteiger partial charge < -0.3 is 9.84 Å². The Bertz CT molecular complexity index is 1350. The summed E-state index contributed by atoms with van der Waals surface area (Å²) in [5.74, 6) is 0.600. The molecule has 0 radical (unpaired) electrons. The molecular formula is C25H19ClN2O3S. The third kappa shape index (κ3) is 4.23. The number of aromatic nitrogens is 2. The number of fused-ring (bicyclic) bond motifs is 1. The van der Waals surface area contributed by atoms with Gasteiger partial charge in [-0.25, -0.2) is 9.78 Å². The molecule has 32 heavy (non-hydrogen) atoms. The Labute approximate surface area is 195 Å². The summed E-state index contributed by atoms with van der Waals surface area (Å²) >= 11 is 1.23. The molecule has 5 rings (SSSR count). The van der Waals surface area contributed by atoms with Gasteiger partial charge in [0.25, 0.3) is 0 Å². The van der Waals surface area contributed by atoms with E-state index in [1.807, 2.05) is 89.5 Å². The Morgan fingerprint density at radius 2 is 1.59 bits per heavy atom. The summed E-state index contributed by atoms with van der Waals surface area (Å²) in [5.41, 5.74) is 3.64. The second-order valence-corrected chi connectivity index (χ2v) is 8.04. The lowest BCUT2D eigenvalue weighted by atomic mass is 10.2. The number of rotatable bonds is 6. The van der Waals surface area contributed by atoms with Gasteiger partial charge in [0.2, 0.25) is 0 Å². The molecule has 2 heterocycles. The largest absolute Gasteiger partial charge is 0.489 e. The van der Waals surface area contributed by atoms with Crippen LogP contribution in [0.4, 0.5) is 0 Å². The number of halogens is 1. The molecule has 1 N–H and O–H groups in total. The van der Waals surface area contributed by atoms with Gasteiger partial charge in [0.1, 0.15) is 33.4 Å². The molecule has 0 aliphatic rings. The standard InChI is InChI=1S/C25H18N2O3S.ClH/c28-25(29)22-15-21-24(31-22)27(19-9-5-2-6-10-19)23(26-21)18-11-13-20(14-12-18)30-16-17-7-3-1-4-8-17;/h1-15H,16H2,(H,28,29);1H.